The molecule has 0 amide bonds. The number of hydrogen-bond donors (Lipinski definition) is 0. The Labute approximate surface area is 373 Å². The molecule has 9 aromatic rings. The Morgan fingerprint density at radius 1 is 0.492 bits per heavy atom. The second kappa shape index (κ2) is 15.6. The van der Waals surface area contributed by atoms with Crippen LogP contribution in [0.2, 0.25) is 0 Å². The first kappa shape index (κ1) is 41.6. The molecule has 3 aromatic heterocycles. The van der Waals surface area contributed by atoms with E-state index in [1.165, 1.54) is 33.2 Å². The minimum Gasteiger partial charge on any atom is -0.458 e. The standard InChI is InChI=1S/C58H58N4O/c1-55(2,3)42-22-17-23-46(32-42)60-30-31-61(39-60)47-33-45(58(9,10)41-20-15-12-16-21-41)34-49(37-47)63-48-25-26-50-51-35-44(57(7,8)40-18-13-11-14-19-40)24-27-52(51)62(53(50)38-48)54-36-43(28-29-59-54)56(4,5)6/h11-38H,1-10H3. The number of pyridine rings is 1. The zero-order valence-corrected chi connectivity index (χ0v) is 38.4. The number of aromatic nitrogens is 4. The normalized spacial score (nSPS) is 12.6. The lowest BCUT2D eigenvalue weighted by molar-refractivity contribution is -0.599. The maximum Gasteiger partial charge on any atom is 0.268 e. The first-order valence-electron chi connectivity index (χ1n) is 22.1. The molecule has 0 spiro atoms. The zero-order chi connectivity index (χ0) is 44.3. The molecule has 0 saturated heterocycles. The summed E-state index contributed by atoms with van der Waals surface area (Å²) in [6.45, 7) is 22.6. The summed E-state index contributed by atoms with van der Waals surface area (Å²) in [5, 5.41) is 2.33. The van der Waals surface area contributed by atoms with Crippen LogP contribution in [0.25, 0.3) is 39.0 Å². The molecule has 0 aliphatic carbocycles. The quantitative estimate of drug-likeness (QED) is 0.107. The van der Waals surface area contributed by atoms with E-state index in [4.69, 9.17) is 9.72 Å². The lowest BCUT2D eigenvalue weighted by Crippen LogP contribution is -2.29. The third kappa shape index (κ3) is 7.97. The predicted molar refractivity (Wildman–Crippen MR) is 259 cm³/mol. The number of rotatable bonds is 9. The molecule has 0 aliphatic heterocycles. The molecule has 0 radical (unpaired) electrons. The fraction of sp³-hybridized carbons (Fsp3) is 0.241. The van der Waals surface area contributed by atoms with Gasteiger partial charge >= 0.3 is 0 Å². The van der Waals surface area contributed by atoms with Crippen molar-refractivity contribution in [1.29, 1.82) is 0 Å². The van der Waals surface area contributed by atoms with Gasteiger partial charge in [-0.1, -0.05) is 148 Å². The van der Waals surface area contributed by atoms with Gasteiger partial charge in [-0.25, -0.2) is 4.98 Å². The van der Waals surface area contributed by atoms with Crippen LogP contribution in [0.1, 0.15) is 103 Å². The van der Waals surface area contributed by atoms with Gasteiger partial charge in [-0.3, -0.25) is 13.7 Å². The summed E-state index contributed by atoms with van der Waals surface area (Å²) >= 11 is 0. The van der Waals surface area contributed by atoms with Gasteiger partial charge in [-0.2, -0.15) is 0 Å². The molecular formula is C58H58N4O. The number of benzene rings is 6. The van der Waals surface area contributed by atoms with Crippen molar-refractivity contribution in [2.45, 2.75) is 90.9 Å². The van der Waals surface area contributed by atoms with E-state index in [1.807, 2.05) is 6.20 Å². The predicted octanol–water partition coefficient (Wildman–Crippen LogP) is 14.1. The molecule has 6 aromatic carbocycles. The van der Waals surface area contributed by atoms with Gasteiger partial charge in [-0.05, 0) is 111 Å². The monoisotopic (exact) mass is 826 g/mol. The molecule has 0 bridgehead atoms. The SMILES string of the molecule is CC(C)(C)c1cccc(-[n+]2[c-]n(-c3cc(Oc4ccc5c6cc(C(C)(C)c7ccccc7)ccc6n(-c6cc(C(C)(C)C)ccn6)c5c4)cc(C(C)(C)c4ccccc4)c3)cc2)c1. The molecule has 0 aliphatic rings. The minimum absolute atomic E-state index is 0.0370. The van der Waals surface area contributed by atoms with Gasteiger partial charge in [0.25, 0.3) is 6.33 Å². The van der Waals surface area contributed by atoms with Crippen molar-refractivity contribution in [2.24, 2.45) is 0 Å². The highest BCUT2D eigenvalue weighted by Crippen LogP contribution is 2.41. The molecule has 0 N–H and O–H groups in total. The molecule has 0 saturated carbocycles. The van der Waals surface area contributed by atoms with Gasteiger partial charge in [0.15, 0.2) is 0 Å². The van der Waals surface area contributed by atoms with Crippen LogP contribution < -0.4 is 9.30 Å². The summed E-state index contributed by atoms with van der Waals surface area (Å²) in [6.07, 6.45) is 9.68. The lowest BCUT2D eigenvalue weighted by Gasteiger charge is -2.27. The molecular weight excluding hydrogens is 769 g/mol. The molecule has 3 heterocycles. The Morgan fingerprint density at radius 2 is 1.14 bits per heavy atom. The smallest absolute Gasteiger partial charge is 0.268 e. The van der Waals surface area contributed by atoms with E-state index in [9.17, 15) is 0 Å². The molecule has 9 rings (SSSR count). The second-order valence-electron chi connectivity index (χ2n) is 20.1. The van der Waals surface area contributed by atoms with Crippen LogP contribution in [0.15, 0.2) is 170 Å². The summed E-state index contributed by atoms with van der Waals surface area (Å²) in [5.74, 6) is 2.37. The van der Waals surface area contributed by atoms with Crippen LogP contribution in [0.5, 0.6) is 11.5 Å². The van der Waals surface area contributed by atoms with Gasteiger partial charge in [0.05, 0.1) is 22.4 Å². The molecule has 5 nitrogen and oxygen atoms in total. The largest absolute Gasteiger partial charge is 0.458 e. The number of imidazole rings is 1. The molecule has 0 atom stereocenters. The Balaban J connectivity index is 1.18. The van der Waals surface area contributed by atoms with E-state index in [0.29, 0.717) is 0 Å². The highest BCUT2D eigenvalue weighted by molar-refractivity contribution is 6.09. The van der Waals surface area contributed by atoms with Crippen LogP contribution in [0.4, 0.5) is 0 Å². The Kier molecular flexibility index (Phi) is 10.3. The van der Waals surface area contributed by atoms with Crippen molar-refractivity contribution < 1.29 is 9.30 Å². The van der Waals surface area contributed by atoms with E-state index in [0.717, 1.165) is 50.7 Å². The van der Waals surface area contributed by atoms with E-state index in [1.54, 1.807) is 0 Å². The molecule has 316 valence electrons. The third-order valence-corrected chi connectivity index (χ3v) is 13.0. The lowest BCUT2D eigenvalue weighted by atomic mass is 9.78. The number of fused-ring (bicyclic) bond motifs is 3. The molecule has 63 heavy (non-hydrogen) atoms. The van der Waals surface area contributed by atoms with Crippen LogP contribution in [-0.4, -0.2) is 14.1 Å². The fourth-order valence-electron chi connectivity index (χ4n) is 8.75. The summed E-state index contributed by atoms with van der Waals surface area (Å²) in [6, 6.07) is 54.5. The van der Waals surface area contributed by atoms with E-state index >= 15 is 0 Å². The maximum absolute atomic E-state index is 7.00. The van der Waals surface area contributed by atoms with E-state index < -0.39 is 0 Å². The van der Waals surface area contributed by atoms with Gasteiger partial charge in [0.2, 0.25) is 0 Å². The number of hydrogen-bond acceptors (Lipinski definition) is 2. The minimum atomic E-state index is -0.315. The average molecular weight is 827 g/mol. The Hall–Kier alpha value is -6.72. The number of ether oxygens (including phenoxy) is 1. The van der Waals surface area contributed by atoms with Crippen molar-refractivity contribution in [3.8, 4) is 28.7 Å². The van der Waals surface area contributed by atoms with Gasteiger partial charge in [0.1, 0.15) is 17.3 Å². The average Bonchev–Trinajstić information content (AvgIpc) is 3.90. The highest BCUT2D eigenvalue weighted by Gasteiger charge is 2.27. The Morgan fingerprint density at radius 3 is 1.83 bits per heavy atom. The van der Waals surface area contributed by atoms with Gasteiger partial charge in [0, 0.05) is 46.3 Å². The summed E-state index contributed by atoms with van der Waals surface area (Å²) in [4.78, 5) is 5.00. The maximum atomic E-state index is 7.00. The Bertz CT molecular complexity index is 3100. The second-order valence-corrected chi connectivity index (χ2v) is 20.1. The van der Waals surface area contributed by atoms with Gasteiger partial charge in [-0.15, -0.1) is 0 Å². The van der Waals surface area contributed by atoms with E-state index in [-0.39, 0.29) is 21.7 Å². The van der Waals surface area contributed by atoms with E-state index in [2.05, 4.69) is 253 Å². The zero-order valence-electron chi connectivity index (χ0n) is 38.4. The summed E-state index contributed by atoms with van der Waals surface area (Å²) < 4.78 is 13.4. The van der Waals surface area contributed by atoms with Crippen LogP contribution in [0.3, 0.4) is 0 Å². The van der Waals surface area contributed by atoms with Crippen LogP contribution in [0, 0.1) is 6.33 Å². The first-order chi connectivity index (χ1) is 30.0. The first-order valence-corrected chi connectivity index (χ1v) is 22.1. The fourth-order valence-corrected chi connectivity index (χ4v) is 8.75. The van der Waals surface area contributed by atoms with Gasteiger partial charge < -0.3 is 4.74 Å². The third-order valence-electron chi connectivity index (χ3n) is 13.0. The molecule has 5 heteroatoms. The highest BCUT2D eigenvalue weighted by atomic mass is 16.5. The summed E-state index contributed by atoms with van der Waals surface area (Å²) in [7, 11) is 0. The summed E-state index contributed by atoms with van der Waals surface area (Å²) in [5.41, 5.74) is 11.1. The van der Waals surface area contributed by atoms with Crippen LogP contribution >= 0.6 is 0 Å². The van der Waals surface area contributed by atoms with Crippen LogP contribution in [-0.2, 0) is 21.7 Å². The van der Waals surface area contributed by atoms with Crippen molar-refractivity contribution >= 4 is 21.8 Å². The van der Waals surface area contributed by atoms with Crippen molar-refractivity contribution in [1.82, 2.24) is 14.1 Å². The van der Waals surface area contributed by atoms with Crippen molar-refractivity contribution in [3.63, 3.8) is 0 Å². The topological polar surface area (TPSA) is 35.9 Å². The van der Waals surface area contributed by atoms with Crippen molar-refractivity contribution in [2.75, 3.05) is 0 Å². The molecule has 0 fully saturated rings. The molecule has 0 unspecified atom stereocenters. The van der Waals surface area contributed by atoms with Crippen molar-refractivity contribution in [3.05, 3.63) is 210 Å². The number of nitrogens with zero attached hydrogens (tertiary/aromatic N) is 4.